The molecule has 0 aromatic carbocycles. The van der Waals surface area contributed by atoms with Crippen molar-refractivity contribution in [1.29, 1.82) is 0 Å². The number of oxime groups is 1. The molecule has 0 bridgehead atoms. The molecule has 0 radical (unpaired) electrons. The third-order valence-corrected chi connectivity index (χ3v) is 3.43. The fourth-order valence-electron chi connectivity index (χ4n) is 1.50. The first-order chi connectivity index (χ1) is 7.63. The van der Waals surface area contributed by atoms with Crippen LogP contribution in [-0.4, -0.2) is 34.6 Å². The van der Waals surface area contributed by atoms with Gasteiger partial charge in [-0.15, -0.1) is 0 Å². The Kier molecular flexibility index (Phi) is 9.52. The molecule has 0 rings (SSSR count). The fraction of sp³-hybridized carbons (Fsp3) is 0.909. The lowest BCUT2D eigenvalue weighted by atomic mass is 10.1. The maximum absolute atomic E-state index is 8.52. The van der Waals surface area contributed by atoms with E-state index in [4.69, 9.17) is 10.9 Å². The molecule has 16 heavy (non-hydrogen) atoms. The van der Waals surface area contributed by atoms with Crippen LogP contribution in [0.1, 0.15) is 40.0 Å². The van der Waals surface area contributed by atoms with E-state index in [-0.39, 0.29) is 0 Å². The summed E-state index contributed by atoms with van der Waals surface area (Å²) in [7, 11) is 0. The van der Waals surface area contributed by atoms with Crippen molar-refractivity contribution in [3.63, 3.8) is 0 Å². The third kappa shape index (κ3) is 7.82. The molecule has 0 spiro atoms. The second-order valence-corrected chi connectivity index (χ2v) is 5.35. The number of nitrogens with one attached hydrogen (secondary N) is 1. The SMILES string of the molecule is CCSCCC(C)NC(CC)CC(N)=NO. The highest BCUT2D eigenvalue weighted by atomic mass is 32.2. The molecule has 2 unspecified atom stereocenters. The zero-order valence-electron chi connectivity index (χ0n) is 10.6. The van der Waals surface area contributed by atoms with Crippen LogP contribution in [0, 0.1) is 0 Å². The van der Waals surface area contributed by atoms with Crippen LogP contribution in [0.2, 0.25) is 0 Å². The van der Waals surface area contributed by atoms with Gasteiger partial charge < -0.3 is 16.3 Å². The molecule has 0 saturated heterocycles. The molecule has 0 aromatic rings. The van der Waals surface area contributed by atoms with Gasteiger partial charge in [0.05, 0.1) is 0 Å². The molecule has 0 aliphatic rings. The Bertz CT molecular complexity index is 200. The monoisotopic (exact) mass is 247 g/mol. The summed E-state index contributed by atoms with van der Waals surface area (Å²) in [5.41, 5.74) is 5.50. The van der Waals surface area contributed by atoms with Crippen molar-refractivity contribution in [3.8, 4) is 0 Å². The van der Waals surface area contributed by atoms with Gasteiger partial charge in [-0.05, 0) is 31.3 Å². The van der Waals surface area contributed by atoms with E-state index in [9.17, 15) is 0 Å². The molecule has 0 aliphatic heterocycles. The van der Waals surface area contributed by atoms with Crippen LogP contribution in [0.15, 0.2) is 5.16 Å². The van der Waals surface area contributed by atoms with E-state index in [1.54, 1.807) is 0 Å². The minimum absolute atomic E-state index is 0.300. The Labute approximate surface area is 103 Å². The lowest BCUT2D eigenvalue weighted by Gasteiger charge is -2.21. The quantitative estimate of drug-likeness (QED) is 0.192. The molecule has 0 heterocycles. The molecule has 4 nitrogen and oxygen atoms in total. The van der Waals surface area contributed by atoms with Crippen molar-refractivity contribution in [2.45, 2.75) is 52.1 Å². The zero-order chi connectivity index (χ0) is 12.4. The number of amidine groups is 1. The number of hydrogen-bond acceptors (Lipinski definition) is 4. The van der Waals surface area contributed by atoms with E-state index < -0.39 is 0 Å². The Balaban J connectivity index is 3.82. The highest BCUT2D eigenvalue weighted by molar-refractivity contribution is 7.99. The van der Waals surface area contributed by atoms with Crippen molar-refractivity contribution >= 4 is 17.6 Å². The lowest BCUT2D eigenvalue weighted by molar-refractivity contribution is 0.314. The van der Waals surface area contributed by atoms with Crippen LogP contribution >= 0.6 is 11.8 Å². The van der Waals surface area contributed by atoms with Gasteiger partial charge in [-0.1, -0.05) is 19.0 Å². The minimum atomic E-state index is 0.300. The Morgan fingerprint density at radius 2 is 2.19 bits per heavy atom. The summed E-state index contributed by atoms with van der Waals surface area (Å²) in [6, 6.07) is 0.785. The van der Waals surface area contributed by atoms with Gasteiger partial charge in [0.1, 0.15) is 5.84 Å². The molecular formula is C11H25N3OS. The standard InChI is InChI=1S/C11H25N3OS/c1-4-10(8-11(12)14-15)13-9(3)6-7-16-5-2/h9-10,13,15H,4-8H2,1-3H3,(H2,12,14). The molecule has 2 atom stereocenters. The number of nitrogens with zero attached hydrogens (tertiary/aromatic N) is 1. The van der Waals surface area contributed by atoms with E-state index in [2.05, 4.69) is 31.2 Å². The van der Waals surface area contributed by atoms with Gasteiger partial charge >= 0.3 is 0 Å². The summed E-state index contributed by atoms with van der Waals surface area (Å²) in [5, 5.41) is 15.0. The number of hydrogen-bond donors (Lipinski definition) is 3. The lowest BCUT2D eigenvalue weighted by Crippen LogP contribution is -2.39. The topological polar surface area (TPSA) is 70.6 Å². The first-order valence-corrected chi connectivity index (χ1v) is 7.09. The summed E-state index contributed by atoms with van der Waals surface area (Å²) in [6.45, 7) is 6.47. The summed E-state index contributed by atoms with van der Waals surface area (Å²) < 4.78 is 0. The van der Waals surface area contributed by atoms with Crippen molar-refractivity contribution < 1.29 is 5.21 Å². The molecule has 4 N–H and O–H groups in total. The van der Waals surface area contributed by atoms with Crippen molar-refractivity contribution in [2.24, 2.45) is 10.9 Å². The average Bonchev–Trinajstić information content (AvgIpc) is 2.28. The van der Waals surface area contributed by atoms with Crippen molar-refractivity contribution in [1.82, 2.24) is 5.32 Å². The molecule has 0 amide bonds. The van der Waals surface area contributed by atoms with Gasteiger partial charge in [-0.2, -0.15) is 11.8 Å². The summed E-state index contributed by atoms with van der Waals surface area (Å²) >= 11 is 1.96. The molecule has 5 heteroatoms. The van der Waals surface area contributed by atoms with Gasteiger partial charge in [-0.3, -0.25) is 0 Å². The smallest absolute Gasteiger partial charge is 0.140 e. The van der Waals surface area contributed by atoms with Crippen molar-refractivity contribution in [2.75, 3.05) is 11.5 Å². The third-order valence-electron chi connectivity index (χ3n) is 2.50. The highest BCUT2D eigenvalue weighted by Crippen LogP contribution is 2.06. The Morgan fingerprint density at radius 3 is 2.69 bits per heavy atom. The molecule has 0 aromatic heterocycles. The Morgan fingerprint density at radius 1 is 1.50 bits per heavy atom. The molecule has 0 aliphatic carbocycles. The predicted molar refractivity (Wildman–Crippen MR) is 72.3 cm³/mol. The highest BCUT2D eigenvalue weighted by Gasteiger charge is 2.11. The van der Waals surface area contributed by atoms with Crippen LogP contribution in [0.25, 0.3) is 0 Å². The number of thioether (sulfide) groups is 1. The predicted octanol–water partition coefficient (Wildman–Crippen LogP) is 2.02. The van der Waals surface area contributed by atoms with Gasteiger partial charge in [0, 0.05) is 18.5 Å². The first-order valence-electron chi connectivity index (χ1n) is 5.94. The minimum Gasteiger partial charge on any atom is -0.409 e. The van der Waals surface area contributed by atoms with E-state index in [1.807, 2.05) is 11.8 Å². The van der Waals surface area contributed by atoms with E-state index >= 15 is 0 Å². The molecule has 96 valence electrons. The normalized spacial score (nSPS) is 16.1. The van der Waals surface area contributed by atoms with Crippen LogP contribution in [-0.2, 0) is 0 Å². The zero-order valence-corrected chi connectivity index (χ0v) is 11.4. The van der Waals surface area contributed by atoms with Gasteiger partial charge in [-0.25, -0.2) is 0 Å². The number of rotatable bonds is 9. The van der Waals surface area contributed by atoms with E-state index in [0.717, 1.165) is 12.8 Å². The second-order valence-electron chi connectivity index (χ2n) is 3.95. The van der Waals surface area contributed by atoms with E-state index in [0.29, 0.717) is 24.3 Å². The maximum atomic E-state index is 8.52. The second kappa shape index (κ2) is 9.78. The van der Waals surface area contributed by atoms with Crippen LogP contribution in [0.3, 0.4) is 0 Å². The Hall–Kier alpha value is -0.420. The average molecular weight is 247 g/mol. The largest absolute Gasteiger partial charge is 0.409 e. The summed E-state index contributed by atoms with van der Waals surface area (Å²) in [6.07, 6.45) is 2.75. The summed E-state index contributed by atoms with van der Waals surface area (Å²) in [5.74, 6) is 2.66. The number of nitrogens with two attached hydrogens (primary N) is 1. The molecular weight excluding hydrogens is 222 g/mol. The van der Waals surface area contributed by atoms with Crippen LogP contribution < -0.4 is 11.1 Å². The fourth-order valence-corrected chi connectivity index (χ4v) is 2.31. The maximum Gasteiger partial charge on any atom is 0.140 e. The molecule has 0 fully saturated rings. The van der Waals surface area contributed by atoms with Gasteiger partial charge in [0.15, 0.2) is 0 Å². The van der Waals surface area contributed by atoms with Crippen LogP contribution in [0.4, 0.5) is 0 Å². The van der Waals surface area contributed by atoms with E-state index in [1.165, 1.54) is 11.5 Å². The molecule has 0 saturated carbocycles. The first kappa shape index (κ1) is 15.6. The van der Waals surface area contributed by atoms with Crippen LogP contribution in [0.5, 0.6) is 0 Å². The van der Waals surface area contributed by atoms with Gasteiger partial charge in [0.2, 0.25) is 0 Å². The van der Waals surface area contributed by atoms with Gasteiger partial charge in [0.25, 0.3) is 0 Å². The summed E-state index contributed by atoms with van der Waals surface area (Å²) in [4.78, 5) is 0. The van der Waals surface area contributed by atoms with Crippen molar-refractivity contribution in [3.05, 3.63) is 0 Å².